The van der Waals surface area contributed by atoms with E-state index in [4.69, 9.17) is 9.47 Å². The van der Waals surface area contributed by atoms with Crippen molar-refractivity contribution in [3.05, 3.63) is 83.3 Å². The molecule has 5 aromatic rings. The lowest BCUT2D eigenvalue weighted by atomic mass is 10.1. The molecule has 1 N–H and O–H groups in total. The van der Waals surface area contributed by atoms with Gasteiger partial charge in [0.2, 0.25) is 6.79 Å². The number of nitrogens with one attached hydrogen (secondary N) is 1. The summed E-state index contributed by atoms with van der Waals surface area (Å²) in [5, 5.41) is 23.4. The van der Waals surface area contributed by atoms with E-state index in [0.29, 0.717) is 28.7 Å². The molecule has 1 aliphatic heterocycles. The lowest BCUT2D eigenvalue weighted by Gasteiger charge is -2.10. The van der Waals surface area contributed by atoms with Gasteiger partial charge in [0.05, 0.1) is 22.3 Å². The molecule has 11 nitrogen and oxygen atoms in total. The minimum atomic E-state index is -0.440. The Kier molecular flexibility index (Phi) is 4.51. The number of benzene rings is 3. The zero-order valence-electron chi connectivity index (χ0n) is 17.5. The third-order valence-electron chi connectivity index (χ3n) is 5.37. The Bertz CT molecular complexity index is 1550. The van der Waals surface area contributed by atoms with E-state index in [-0.39, 0.29) is 12.5 Å². The summed E-state index contributed by atoms with van der Waals surface area (Å²) < 4.78 is 12.5. The normalized spacial score (nSPS) is 12.1. The van der Waals surface area contributed by atoms with Crippen molar-refractivity contribution in [2.24, 2.45) is 0 Å². The number of fused-ring (bicyclic) bond motifs is 2. The van der Waals surface area contributed by atoms with Crippen molar-refractivity contribution < 1.29 is 14.4 Å². The van der Waals surface area contributed by atoms with Gasteiger partial charge in [0.25, 0.3) is 5.69 Å². The summed E-state index contributed by atoms with van der Waals surface area (Å²) in [5.74, 6) is 1.95. The van der Waals surface area contributed by atoms with Crippen molar-refractivity contribution in [3.63, 3.8) is 0 Å². The molecule has 0 amide bonds. The fraction of sp³-hybridized carbons (Fsp3) is 0.0435. The molecule has 0 unspecified atom stereocenters. The maximum absolute atomic E-state index is 10.9. The van der Waals surface area contributed by atoms with Crippen LogP contribution in [0, 0.1) is 10.1 Å². The minimum Gasteiger partial charge on any atom is -0.454 e. The SMILES string of the molecule is O=[N+]([O-])c1ccc(-n2cc(-c3cccc(Nc4ncnc5cc6c(cc45)OCO6)c3)nn2)cc1. The van der Waals surface area contributed by atoms with E-state index in [0.717, 1.165) is 22.2 Å². The smallest absolute Gasteiger partial charge is 0.269 e. The average Bonchev–Trinajstić information content (AvgIpc) is 3.53. The molecule has 6 rings (SSSR count). The van der Waals surface area contributed by atoms with Gasteiger partial charge < -0.3 is 14.8 Å². The third kappa shape index (κ3) is 3.50. The van der Waals surface area contributed by atoms with Crippen LogP contribution in [0.15, 0.2) is 73.2 Å². The van der Waals surface area contributed by atoms with E-state index in [1.165, 1.54) is 18.5 Å². The number of hydrogen-bond donors (Lipinski definition) is 1. The van der Waals surface area contributed by atoms with Crippen LogP contribution in [0.4, 0.5) is 17.2 Å². The van der Waals surface area contributed by atoms with Crippen LogP contribution in [-0.4, -0.2) is 36.7 Å². The zero-order valence-corrected chi connectivity index (χ0v) is 17.5. The molecule has 2 aromatic heterocycles. The maximum Gasteiger partial charge on any atom is 0.269 e. The molecule has 0 aliphatic carbocycles. The quantitative estimate of drug-likeness (QED) is 0.306. The Balaban J connectivity index is 1.29. The van der Waals surface area contributed by atoms with Crippen LogP contribution in [0.25, 0.3) is 27.8 Å². The summed E-state index contributed by atoms with van der Waals surface area (Å²) in [6.45, 7) is 0.185. The van der Waals surface area contributed by atoms with E-state index < -0.39 is 4.92 Å². The second-order valence-corrected chi connectivity index (χ2v) is 7.47. The number of rotatable bonds is 5. The first kappa shape index (κ1) is 19.6. The maximum atomic E-state index is 10.9. The van der Waals surface area contributed by atoms with Gasteiger partial charge in [-0.25, -0.2) is 14.6 Å². The van der Waals surface area contributed by atoms with Crippen molar-refractivity contribution in [2.45, 2.75) is 0 Å². The standard InChI is InChI=1S/C23H15N7O4/c31-30(32)17-6-4-16(5-7-17)29-11-20(27-28-29)14-2-1-3-15(8-14)26-23-18-9-21-22(34-13-33-21)10-19(18)24-12-25-23/h1-12H,13H2,(H,24,25,26). The first-order valence-corrected chi connectivity index (χ1v) is 10.2. The second kappa shape index (κ2) is 7.81. The summed E-state index contributed by atoms with van der Waals surface area (Å²) in [5.41, 5.74) is 3.73. The van der Waals surface area contributed by atoms with Crippen LogP contribution in [0.3, 0.4) is 0 Å². The molecule has 0 bridgehead atoms. The fourth-order valence-electron chi connectivity index (χ4n) is 3.69. The van der Waals surface area contributed by atoms with Gasteiger partial charge in [-0.15, -0.1) is 5.10 Å². The molecule has 0 spiro atoms. The molecule has 0 saturated carbocycles. The molecule has 1 aliphatic rings. The number of hydrogen-bond acceptors (Lipinski definition) is 9. The predicted octanol–water partition coefficient (Wildman–Crippen LogP) is 4.26. The van der Waals surface area contributed by atoms with Crippen LogP contribution < -0.4 is 14.8 Å². The Morgan fingerprint density at radius 3 is 2.65 bits per heavy atom. The number of aromatic nitrogens is 5. The van der Waals surface area contributed by atoms with E-state index in [2.05, 4.69) is 25.6 Å². The van der Waals surface area contributed by atoms with Gasteiger partial charge in [0.15, 0.2) is 11.5 Å². The summed E-state index contributed by atoms with van der Waals surface area (Å²) in [6, 6.07) is 17.5. The monoisotopic (exact) mass is 453 g/mol. The zero-order chi connectivity index (χ0) is 23.1. The first-order valence-electron chi connectivity index (χ1n) is 10.2. The predicted molar refractivity (Wildman–Crippen MR) is 122 cm³/mol. The number of anilines is 2. The summed E-state index contributed by atoms with van der Waals surface area (Å²) in [4.78, 5) is 19.1. The van der Waals surface area contributed by atoms with Gasteiger partial charge in [-0.3, -0.25) is 10.1 Å². The number of non-ortho nitro benzene ring substituents is 1. The van der Waals surface area contributed by atoms with E-state index in [9.17, 15) is 10.1 Å². The number of nitro benzene ring substituents is 1. The van der Waals surface area contributed by atoms with Gasteiger partial charge in [-0.2, -0.15) is 0 Å². The van der Waals surface area contributed by atoms with Crippen LogP contribution in [0.5, 0.6) is 11.5 Å². The topological polar surface area (TPSA) is 130 Å². The highest BCUT2D eigenvalue weighted by Gasteiger charge is 2.17. The fourth-order valence-corrected chi connectivity index (χ4v) is 3.69. The molecule has 0 fully saturated rings. The highest BCUT2D eigenvalue weighted by Crippen LogP contribution is 2.37. The molecule has 3 aromatic carbocycles. The van der Waals surface area contributed by atoms with Crippen LogP contribution in [-0.2, 0) is 0 Å². The Labute approximate surface area is 191 Å². The molecular weight excluding hydrogens is 438 g/mol. The van der Waals surface area contributed by atoms with Crippen LogP contribution >= 0.6 is 0 Å². The number of nitro groups is 1. The van der Waals surface area contributed by atoms with Gasteiger partial charge in [0.1, 0.15) is 17.8 Å². The van der Waals surface area contributed by atoms with Gasteiger partial charge in [0, 0.05) is 34.8 Å². The minimum absolute atomic E-state index is 0.0177. The van der Waals surface area contributed by atoms with E-state index in [1.54, 1.807) is 23.0 Å². The summed E-state index contributed by atoms with van der Waals surface area (Å²) in [6.07, 6.45) is 3.26. The average molecular weight is 453 g/mol. The molecule has 0 atom stereocenters. The Morgan fingerprint density at radius 1 is 1.00 bits per heavy atom. The molecule has 166 valence electrons. The largest absolute Gasteiger partial charge is 0.454 e. The number of ether oxygens (including phenoxy) is 2. The first-order chi connectivity index (χ1) is 16.6. The summed E-state index contributed by atoms with van der Waals surface area (Å²) in [7, 11) is 0. The van der Waals surface area contributed by atoms with Crippen molar-refractivity contribution in [1.82, 2.24) is 25.0 Å². The highest BCUT2D eigenvalue weighted by atomic mass is 16.7. The molecule has 0 saturated heterocycles. The van der Waals surface area contributed by atoms with Crippen LogP contribution in [0.2, 0.25) is 0 Å². The molecule has 11 heteroatoms. The van der Waals surface area contributed by atoms with Crippen LogP contribution in [0.1, 0.15) is 0 Å². The van der Waals surface area contributed by atoms with Crippen molar-refractivity contribution in [3.8, 4) is 28.4 Å². The van der Waals surface area contributed by atoms with Crippen molar-refractivity contribution >= 4 is 28.1 Å². The number of nitrogens with zero attached hydrogens (tertiary/aromatic N) is 6. The second-order valence-electron chi connectivity index (χ2n) is 7.47. The Hall–Kier alpha value is -5.06. The van der Waals surface area contributed by atoms with Gasteiger partial charge in [-0.05, 0) is 30.3 Å². The molecule has 0 radical (unpaired) electrons. The molecule has 34 heavy (non-hydrogen) atoms. The molecule has 3 heterocycles. The highest BCUT2D eigenvalue weighted by molar-refractivity contribution is 5.93. The third-order valence-corrected chi connectivity index (χ3v) is 5.37. The lowest BCUT2D eigenvalue weighted by molar-refractivity contribution is -0.384. The Morgan fingerprint density at radius 2 is 1.82 bits per heavy atom. The molecular formula is C23H15N7O4. The van der Waals surface area contributed by atoms with Crippen molar-refractivity contribution in [1.29, 1.82) is 0 Å². The summed E-state index contributed by atoms with van der Waals surface area (Å²) >= 11 is 0. The van der Waals surface area contributed by atoms with E-state index in [1.807, 2.05) is 36.4 Å². The van der Waals surface area contributed by atoms with Crippen molar-refractivity contribution in [2.75, 3.05) is 12.1 Å². The van der Waals surface area contributed by atoms with Gasteiger partial charge >= 0.3 is 0 Å². The van der Waals surface area contributed by atoms with Gasteiger partial charge in [-0.1, -0.05) is 17.3 Å². The van der Waals surface area contributed by atoms with E-state index >= 15 is 0 Å². The lowest BCUT2D eigenvalue weighted by Crippen LogP contribution is -1.96.